The third-order valence-electron chi connectivity index (χ3n) is 6.30. The van der Waals surface area contributed by atoms with Crippen molar-refractivity contribution in [1.29, 1.82) is 0 Å². The van der Waals surface area contributed by atoms with Crippen LogP contribution in [0, 0.1) is 11.3 Å². The summed E-state index contributed by atoms with van der Waals surface area (Å²) < 4.78 is 17.9. The van der Waals surface area contributed by atoms with E-state index in [1.54, 1.807) is 36.4 Å². The first kappa shape index (κ1) is 19.6. The van der Waals surface area contributed by atoms with E-state index < -0.39 is 6.10 Å². The van der Waals surface area contributed by atoms with E-state index in [2.05, 4.69) is 13.8 Å². The van der Waals surface area contributed by atoms with Crippen LogP contribution in [0.4, 0.5) is 0 Å². The molecule has 2 aliphatic rings. The molecule has 5 heteroatoms. The number of benzene rings is 2. The first-order valence-electron chi connectivity index (χ1n) is 10.1. The van der Waals surface area contributed by atoms with Crippen molar-refractivity contribution in [2.45, 2.75) is 51.6 Å². The third kappa shape index (κ3) is 3.44. The molecular weight excluding hydrogens is 368 g/mol. The zero-order valence-corrected chi connectivity index (χ0v) is 16.9. The smallest absolute Gasteiger partial charge is 0.338 e. The van der Waals surface area contributed by atoms with E-state index >= 15 is 0 Å². The summed E-state index contributed by atoms with van der Waals surface area (Å²) in [6.07, 6.45) is -0.340. The Morgan fingerprint density at radius 3 is 1.97 bits per heavy atom. The molecule has 0 bridgehead atoms. The monoisotopic (exact) mass is 394 g/mol. The number of rotatable bonds is 5. The Bertz CT molecular complexity index is 881. The van der Waals surface area contributed by atoms with Gasteiger partial charge in [-0.15, -0.1) is 0 Å². The highest BCUT2D eigenvalue weighted by atomic mass is 16.6. The fraction of sp³-hybridized carbons (Fsp3) is 0.417. The van der Waals surface area contributed by atoms with Crippen LogP contribution >= 0.6 is 0 Å². The zero-order valence-electron chi connectivity index (χ0n) is 16.9. The van der Waals surface area contributed by atoms with Crippen molar-refractivity contribution in [3.05, 3.63) is 71.8 Å². The van der Waals surface area contributed by atoms with E-state index in [0.717, 1.165) is 6.42 Å². The molecule has 4 unspecified atom stereocenters. The zero-order chi connectivity index (χ0) is 20.6. The molecule has 1 saturated carbocycles. The SMILES string of the molecule is CC[C@@H]1O[C@@H](C)C(OC(=O)c2ccccc2)C2C(OC(=O)c3ccccc3)C21C. The van der Waals surface area contributed by atoms with E-state index in [4.69, 9.17) is 14.2 Å². The number of hydrogen-bond donors (Lipinski definition) is 0. The number of carbonyl (C=O) groups is 2. The Balaban J connectivity index is 1.54. The van der Waals surface area contributed by atoms with Crippen LogP contribution < -0.4 is 0 Å². The molecule has 5 nitrogen and oxygen atoms in total. The minimum absolute atomic E-state index is 0.0530. The lowest BCUT2D eigenvalue weighted by atomic mass is 9.89. The molecule has 2 fully saturated rings. The van der Waals surface area contributed by atoms with Crippen molar-refractivity contribution in [3.8, 4) is 0 Å². The predicted octanol–water partition coefficient (Wildman–Crippen LogP) is 4.27. The van der Waals surface area contributed by atoms with Gasteiger partial charge in [-0.3, -0.25) is 0 Å². The third-order valence-corrected chi connectivity index (χ3v) is 6.30. The normalized spacial score (nSPS) is 32.7. The highest BCUT2D eigenvalue weighted by Crippen LogP contribution is 2.64. The van der Waals surface area contributed by atoms with Crippen molar-refractivity contribution in [2.75, 3.05) is 0 Å². The molecule has 0 radical (unpaired) electrons. The molecule has 1 saturated heterocycles. The predicted molar refractivity (Wildman–Crippen MR) is 108 cm³/mol. The van der Waals surface area contributed by atoms with Gasteiger partial charge in [-0.1, -0.05) is 50.2 Å². The lowest BCUT2D eigenvalue weighted by molar-refractivity contribution is -0.141. The Kier molecular flexibility index (Phi) is 5.17. The van der Waals surface area contributed by atoms with Crippen LogP contribution in [0.3, 0.4) is 0 Å². The maximum Gasteiger partial charge on any atom is 0.338 e. The Morgan fingerprint density at radius 1 is 0.931 bits per heavy atom. The van der Waals surface area contributed by atoms with Gasteiger partial charge in [0.25, 0.3) is 0 Å². The molecule has 29 heavy (non-hydrogen) atoms. The first-order valence-corrected chi connectivity index (χ1v) is 10.1. The highest BCUT2D eigenvalue weighted by Gasteiger charge is 2.75. The maximum atomic E-state index is 12.6. The molecule has 0 N–H and O–H groups in total. The maximum absolute atomic E-state index is 12.6. The lowest BCUT2D eigenvalue weighted by Crippen LogP contribution is -2.45. The molecule has 6 atom stereocenters. The van der Waals surface area contributed by atoms with Gasteiger partial charge in [0.1, 0.15) is 12.2 Å². The van der Waals surface area contributed by atoms with E-state index in [9.17, 15) is 9.59 Å². The number of hydrogen-bond acceptors (Lipinski definition) is 5. The molecule has 2 aromatic rings. The molecular formula is C24H26O5. The van der Waals surface area contributed by atoms with Crippen LogP contribution in [0.5, 0.6) is 0 Å². The van der Waals surface area contributed by atoms with Crippen molar-refractivity contribution >= 4 is 11.9 Å². The van der Waals surface area contributed by atoms with E-state index in [-0.39, 0.29) is 41.6 Å². The lowest BCUT2D eigenvalue weighted by Gasteiger charge is -2.36. The summed E-state index contributed by atoms with van der Waals surface area (Å²) in [6, 6.07) is 17.9. The van der Waals surface area contributed by atoms with Gasteiger partial charge in [0.15, 0.2) is 0 Å². The molecule has 1 heterocycles. The summed E-state index contributed by atoms with van der Waals surface area (Å²) in [5.41, 5.74) is 0.643. The first-order chi connectivity index (χ1) is 14.0. The quantitative estimate of drug-likeness (QED) is 0.709. The molecule has 0 aromatic heterocycles. The highest BCUT2D eigenvalue weighted by molar-refractivity contribution is 5.90. The molecule has 2 aromatic carbocycles. The minimum Gasteiger partial charge on any atom is -0.458 e. The number of fused-ring (bicyclic) bond motifs is 1. The topological polar surface area (TPSA) is 61.8 Å². The molecule has 1 aliphatic carbocycles. The van der Waals surface area contributed by atoms with Gasteiger partial charge in [-0.25, -0.2) is 9.59 Å². The number of carbonyl (C=O) groups excluding carboxylic acids is 2. The van der Waals surface area contributed by atoms with Gasteiger partial charge in [0, 0.05) is 11.3 Å². The summed E-state index contributed by atoms with van der Waals surface area (Å²) in [6.45, 7) is 6.04. The molecule has 4 rings (SSSR count). The fourth-order valence-electron chi connectivity index (χ4n) is 4.65. The second-order valence-electron chi connectivity index (χ2n) is 8.06. The van der Waals surface area contributed by atoms with Gasteiger partial charge >= 0.3 is 11.9 Å². The Morgan fingerprint density at radius 2 is 1.45 bits per heavy atom. The summed E-state index contributed by atoms with van der Waals surface area (Å²) in [5.74, 6) is -0.832. The summed E-state index contributed by atoms with van der Waals surface area (Å²) in [5, 5.41) is 0. The van der Waals surface area contributed by atoms with E-state index in [1.807, 2.05) is 31.2 Å². The Labute approximate surface area is 171 Å². The van der Waals surface area contributed by atoms with E-state index in [0.29, 0.717) is 11.1 Å². The Hall–Kier alpha value is -2.66. The summed E-state index contributed by atoms with van der Waals surface area (Å²) in [4.78, 5) is 25.3. The second kappa shape index (κ2) is 7.64. The van der Waals surface area contributed by atoms with Crippen LogP contribution in [0.25, 0.3) is 0 Å². The summed E-state index contributed by atoms with van der Waals surface area (Å²) in [7, 11) is 0. The minimum atomic E-state index is -0.468. The fourth-order valence-corrected chi connectivity index (χ4v) is 4.65. The molecule has 1 aliphatic heterocycles. The van der Waals surface area contributed by atoms with Crippen LogP contribution in [0.2, 0.25) is 0 Å². The van der Waals surface area contributed by atoms with Gasteiger partial charge in [0.05, 0.1) is 23.3 Å². The standard InChI is InChI=1S/C24H26O5/c1-4-18-24(3)19(21(24)29-23(26)17-13-9-6-10-14-17)20(15(2)27-18)28-22(25)16-11-7-5-8-12-16/h5-15,18-21H,4H2,1-3H3/t15-,18-,19?,20?,21?,24?/m0/s1. The second-order valence-corrected chi connectivity index (χ2v) is 8.06. The summed E-state index contributed by atoms with van der Waals surface area (Å²) >= 11 is 0. The largest absolute Gasteiger partial charge is 0.458 e. The van der Waals surface area contributed by atoms with Crippen molar-refractivity contribution < 1.29 is 23.8 Å². The van der Waals surface area contributed by atoms with Crippen molar-refractivity contribution in [3.63, 3.8) is 0 Å². The van der Waals surface area contributed by atoms with Crippen molar-refractivity contribution in [2.24, 2.45) is 11.3 Å². The number of esters is 2. The average molecular weight is 394 g/mol. The van der Waals surface area contributed by atoms with E-state index in [1.165, 1.54) is 0 Å². The van der Waals surface area contributed by atoms with Crippen molar-refractivity contribution in [1.82, 2.24) is 0 Å². The van der Waals surface area contributed by atoms with Crippen LogP contribution in [-0.4, -0.2) is 36.4 Å². The molecule has 0 amide bonds. The van der Waals surface area contributed by atoms with Crippen LogP contribution in [0.15, 0.2) is 60.7 Å². The number of ether oxygens (including phenoxy) is 3. The van der Waals surface area contributed by atoms with Crippen LogP contribution in [-0.2, 0) is 14.2 Å². The molecule has 0 spiro atoms. The van der Waals surface area contributed by atoms with Gasteiger partial charge in [-0.2, -0.15) is 0 Å². The van der Waals surface area contributed by atoms with Crippen LogP contribution in [0.1, 0.15) is 47.9 Å². The van der Waals surface area contributed by atoms with Gasteiger partial charge in [0.2, 0.25) is 0 Å². The molecule has 152 valence electrons. The van der Waals surface area contributed by atoms with Gasteiger partial charge in [-0.05, 0) is 37.6 Å². The van der Waals surface area contributed by atoms with Gasteiger partial charge < -0.3 is 14.2 Å². The average Bonchev–Trinajstić information content (AvgIpc) is 3.35.